The fourth-order valence-corrected chi connectivity index (χ4v) is 5.45. The van der Waals surface area contributed by atoms with E-state index in [-0.39, 0.29) is 17.5 Å². The third-order valence-electron chi connectivity index (χ3n) is 2.85. The molecule has 1 fully saturated rings. The van der Waals surface area contributed by atoms with Gasteiger partial charge in [0.15, 0.2) is 20.1 Å². The van der Waals surface area contributed by atoms with Crippen LogP contribution in [0.15, 0.2) is 0 Å². The second-order valence-corrected chi connectivity index (χ2v) is 8.78. The molecular formula is C10H14ClN3O2S3. The average Bonchev–Trinajstić information content (AvgIpc) is 2.67. The van der Waals surface area contributed by atoms with Crippen LogP contribution in [-0.4, -0.2) is 41.4 Å². The zero-order chi connectivity index (χ0) is 14.2. The van der Waals surface area contributed by atoms with Gasteiger partial charge >= 0.3 is 0 Å². The first kappa shape index (κ1) is 15.0. The van der Waals surface area contributed by atoms with E-state index in [9.17, 15) is 8.42 Å². The first-order valence-electron chi connectivity index (χ1n) is 5.63. The molecule has 0 spiro atoms. The van der Waals surface area contributed by atoms with Crippen LogP contribution in [0.5, 0.6) is 0 Å². The fraction of sp³-hybridized carbons (Fsp3) is 0.600. The highest BCUT2D eigenvalue weighted by molar-refractivity contribution is 7.91. The molecule has 1 aliphatic rings. The minimum Gasteiger partial charge on any atom is -0.357 e. The zero-order valence-electron chi connectivity index (χ0n) is 10.4. The summed E-state index contributed by atoms with van der Waals surface area (Å²) < 4.78 is 22.9. The quantitative estimate of drug-likeness (QED) is 0.628. The fourth-order valence-electron chi connectivity index (χ4n) is 1.76. The summed E-state index contributed by atoms with van der Waals surface area (Å²) in [5.74, 6) is 0.00319. The third-order valence-corrected chi connectivity index (χ3v) is 6.43. The SMILES string of the molecule is Cc1nc(NC(=S)N[C@H]2CS(=O)(=O)C[C@@H]2Cl)sc1C. The van der Waals surface area contributed by atoms with E-state index in [0.717, 1.165) is 10.6 Å². The standard InChI is InChI=1S/C10H14ClN3O2S3/c1-5-6(2)18-10(12-5)14-9(17)13-8-4-19(15,16)3-7(8)11/h7-8H,3-4H2,1-2H3,(H2,12,13,14,17)/t7-,8-/m0/s1. The van der Waals surface area contributed by atoms with Crippen molar-refractivity contribution in [1.82, 2.24) is 10.3 Å². The Bertz CT molecular complexity index is 580. The van der Waals surface area contributed by atoms with E-state index < -0.39 is 15.2 Å². The molecule has 0 saturated carbocycles. The van der Waals surface area contributed by atoms with Gasteiger partial charge in [-0.05, 0) is 26.1 Å². The smallest absolute Gasteiger partial charge is 0.189 e. The Balaban J connectivity index is 1.95. The van der Waals surface area contributed by atoms with Gasteiger partial charge in [-0.15, -0.1) is 22.9 Å². The van der Waals surface area contributed by atoms with Gasteiger partial charge in [0.05, 0.1) is 28.6 Å². The minimum atomic E-state index is -3.06. The Morgan fingerprint density at radius 2 is 2.16 bits per heavy atom. The Morgan fingerprint density at radius 1 is 1.47 bits per heavy atom. The lowest BCUT2D eigenvalue weighted by molar-refractivity contribution is 0.600. The van der Waals surface area contributed by atoms with Crippen LogP contribution >= 0.6 is 35.2 Å². The number of anilines is 1. The van der Waals surface area contributed by atoms with Crippen LogP contribution in [0.25, 0.3) is 0 Å². The molecule has 0 unspecified atom stereocenters. The van der Waals surface area contributed by atoms with Crippen LogP contribution in [0.3, 0.4) is 0 Å². The lowest BCUT2D eigenvalue weighted by atomic mass is 10.3. The summed E-state index contributed by atoms with van der Waals surface area (Å²) >= 11 is 12.6. The topological polar surface area (TPSA) is 71.1 Å². The Labute approximate surface area is 126 Å². The maximum atomic E-state index is 11.4. The molecule has 5 nitrogen and oxygen atoms in total. The molecule has 9 heteroatoms. The lowest BCUT2D eigenvalue weighted by Gasteiger charge is -2.16. The Kier molecular flexibility index (Phi) is 4.34. The predicted octanol–water partition coefficient (Wildman–Crippen LogP) is 1.45. The van der Waals surface area contributed by atoms with Gasteiger partial charge in [0.25, 0.3) is 0 Å². The van der Waals surface area contributed by atoms with E-state index in [4.69, 9.17) is 23.8 Å². The van der Waals surface area contributed by atoms with Crippen molar-refractivity contribution in [2.45, 2.75) is 25.3 Å². The molecule has 106 valence electrons. The van der Waals surface area contributed by atoms with Gasteiger partial charge in [0.1, 0.15) is 0 Å². The van der Waals surface area contributed by atoms with Gasteiger partial charge in [-0.25, -0.2) is 13.4 Å². The van der Waals surface area contributed by atoms with E-state index in [1.807, 2.05) is 13.8 Å². The molecule has 0 aromatic carbocycles. The van der Waals surface area contributed by atoms with Crippen LogP contribution in [0, 0.1) is 13.8 Å². The van der Waals surface area contributed by atoms with Crippen LogP contribution in [0.4, 0.5) is 5.13 Å². The zero-order valence-corrected chi connectivity index (χ0v) is 13.6. The number of sulfone groups is 1. The number of aromatic nitrogens is 1. The molecule has 1 saturated heterocycles. The lowest BCUT2D eigenvalue weighted by Crippen LogP contribution is -2.42. The van der Waals surface area contributed by atoms with Crippen molar-refractivity contribution in [3.8, 4) is 0 Å². The summed E-state index contributed by atoms with van der Waals surface area (Å²) in [6, 6.07) is -0.353. The molecule has 0 bridgehead atoms. The van der Waals surface area contributed by atoms with Crippen molar-refractivity contribution < 1.29 is 8.42 Å². The highest BCUT2D eigenvalue weighted by Gasteiger charge is 2.36. The summed E-state index contributed by atoms with van der Waals surface area (Å²) in [5.41, 5.74) is 0.953. The summed E-state index contributed by atoms with van der Waals surface area (Å²) in [7, 11) is -3.06. The van der Waals surface area contributed by atoms with Crippen molar-refractivity contribution in [1.29, 1.82) is 0 Å². The second kappa shape index (κ2) is 5.51. The molecular weight excluding hydrogens is 326 g/mol. The highest BCUT2D eigenvalue weighted by Crippen LogP contribution is 2.22. The van der Waals surface area contributed by atoms with Crippen LogP contribution in [0.2, 0.25) is 0 Å². The average molecular weight is 340 g/mol. The van der Waals surface area contributed by atoms with E-state index >= 15 is 0 Å². The van der Waals surface area contributed by atoms with Crippen molar-refractivity contribution in [2.75, 3.05) is 16.8 Å². The van der Waals surface area contributed by atoms with E-state index in [0.29, 0.717) is 10.2 Å². The molecule has 2 rings (SSSR count). The number of alkyl halides is 1. The van der Waals surface area contributed by atoms with Crippen LogP contribution < -0.4 is 10.6 Å². The van der Waals surface area contributed by atoms with Crippen molar-refractivity contribution in [2.24, 2.45) is 0 Å². The van der Waals surface area contributed by atoms with Gasteiger partial charge in [0.2, 0.25) is 0 Å². The van der Waals surface area contributed by atoms with Crippen molar-refractivity contribution in [3.63, 3.8) is 0 Å². The van der Waals surface area contributed by atoms with Crippen molar-refractivity contribution in [3.05, 3.63) is 10.6 Å². The number of hydrogen-bond donors (Lipinski definition) is 2. The summed E-state index contributed by atoms with van der Waals surface area (Å²) in [6.07, 6.45) is 0. The van der Waals surface area contributed by atoms with Crippen LogP contribution in [0.1, 0.15) is 10.6 Å². The number of rotatable bonds is 2. The third kappa shape index (κ3) is 3.77. The highest BCUT2D eigenvalue weighted by atomic mass is 35.5. The molecule has 2 heterocycles. The minimum absolute atomic E-state index is 0.00962. The maximum Gasteiger partial charge on any atom is 0.189 e. The summed E-state index contributed by atoms with van der Waals surface area (Å²) in [5, 5.41) is 6.48. The molecule has 2 N–H and O–H groups in total. The monoisotopic (exact) mass is 339 g/mol. The van der Waals surface area contributed by atoms with Gasteiger partial charge in [-0.2, -0.15) is 0 Å². The molecule has 19 heavy (non-hydrogen) atoms. The number of nitrogens with one attached hydrogen (secondary N) is 2. The second-order valence-electron chi connectivity index (χ2n) is 4.46. The first-order chi connectivity index (χ1) is 8.77. The normalized spacial score (nSPS) is 25.2. The molecule has 0 radical (unpaired) electrons. The number of nitrogens with zero attached hydrogens (tertiary/aromatic N) is 1. The maximum absolute atomic E-state index is 11.4. The Hall–Kier alpha value is -0.440. The molecule has 0 amide bonds. The van der Waals surface area contributed by atoms with Crippen LogP contribution in [-0.2, 0) is 9.84 Å². The number of thiocarbonyl (C=S) groups is 1. The molecule has 1 aliphatic heterocycles. The van der Waals surface area contributed by atoms with Gasteiger partial charge in [0, 0.05) is 4.88 Å². The molecule has 0 aliphatic carbocycles. The number of thiazole rings is 1. The summed E-state index contributed by atoms with van der Waals surface area (Å²) in [6.45, 7) is 3.90. The molecule has 2 atom stereocenters. The largest absolute Gasteiger partial charge is 0.357 e. The molecule has 1 aromatic heterocycles. The van der Waals surface area contributed by atoms with Gasteiger partial charge < -0.3 is 10.6 Å². The number of aryl methyl sites for hydroxylation is 2. The van der Waals surface area contributed by atoms with E-state index in [1.165, 1.54) is 11.3 Å². The van der Waals surface area contributed by atoms with Gasteiger partial charge in [-0.1, -0.05) is 0 Å². The number of hydrogen-bond acceptors (Lipinski definition) is 5. The van der Waals surface area contributed by atoms with E-state index in [2.05, 4.69) is 15.6 Å². The predicted molar refractivity (Wildman–Crippen MR) is 83.0 cm³/mol. The summed E-state index contributed by atoms with van der Waals surface area (Å²) in [4.78, 5) is 5.42. The first-order valence-corrected chi connectivity index (χ1v) is 9.11. The van der Waals surface area contributed by atoms with E-state index in [1.54, 1.807) is 0 Å². The van der Waals surface area contributed by atoms with Crippen molar-refractivity contribution >= 4 is 55.2 Å². The number of halogens is 1. The Morgan fingerprint density at radius 3 is 2.63 bits per heavy atom. The molecule has 1 aromatic rings. The van der Waals surface area contributed by atoms with Gasteiger partial charge in [-0.3, -0.25) is 0 Å².